The molecule has 0 radical (unpaired) electrons. The van der Waals surface area contributed by atoms with Gasteiger partial charge in [0.2, 0.25) is 0 Å². The molecule has 0 aliphatic carbocycles. The van der Waals surface area contributed by atoms with Gasteiger partial charge in [0.05, 0.1) is 5.56 Å². The number of fused-ring (bicyclic) bond motifs is 1. The summed E-state index contributed by atoms with van der Waals surface area (Å²) in [6.45, 7) is 4.09. The summed E-state index contributed by atoms with van der Waals surface area (Å²) in [5, 5.41) is 9.65. The van der Waals surface area contributed by atoms with Crippen LogP contribution in [0.15, 0.2) is 36.4 Å². The van der Waals surface area contributed by atoms with Gasteiger partial charge < -0.3 is 9.84 Å². The molecule has 0 spiro atoms. The first kappa shape index (κ1) is 14.0. The largest absolute Gasteiger partial charge is 0.487 e. The van der Waals surface area contributed by atoms with Gasteiger partial charge in [-0.15, -0.1) is 0 Å². The lowest BCUT2D eigenvalue weighted by molar-refractivity contribution is 0.0697. The van der Waals surface area contributed by atoms with E-state index < -0.39 is 5.97 Å². The van der Waals surface area contributed by atoms with Crippen LogP contribution in [0.2, 0.25) is 5.02 Å². The average Bonchev–Trinajstić information content (AvgIpc) is 2.71. The number of benzene rings is 2. The predicted molar refractivity (Wildman–Crippen MR) is 82.3 cm³/mol. The van der Waals surface area contributed by atoms with Gasteiger partial charge in [0.15, 0.2) is 0 Å². The minimum Gasteiger partial charge on any atom is -0.487 e. The highest BCUT2D eigenvalue weighted by atomic mass is 35.5. The number of hydrogen-bond donors (Lipinski definition) is 1. The third-order valence-electron chi connectivity index (χ3n) is 3.59. The van der Waals surface area contributed by atoms with E-state index in [9.17, 15) is 4.79 Å². The molecule has 0 bridgehead atoms. The number of carboxylic acids is 1. The predicted octanol–water partition coefficient (Wildman–Crippen LogP) is 4.42. The maximum atomic E-state index is 11.1. The Kier molecular flexibility index (Phi) is 3.18. The number of carboxylic acid groups (broad SMARTS) is 1. The molecule has 21 heavy (non-hydrogen) atoms. The fraction of sp³-hybridized carbons (Fsp3) is 0.235. The Morgan fingerprint density at radius 3 is 2.71 bits per heavy atom. The van der Waals surface area contributed by atoms with Gasteiger partial charge in [-0.05, 0) is 55.3 Å². The van der Waals surface area contributed by atoms with Gasteiger partial charge in [0, 0.05) is 17.0 Å². The van der Waals surface area contributed by atoms with Crippen molar-refractivity contribution in [1.82, 2.24) is 0 Å². The van der Waals surface area contributed by atoms with Gasteiger partial charge in [0.25, 0.3) is 0 Å². The van der Waals surface area contributed by atoms with E-state index in [4.69, 9.17) is 21.4 Å². The summed E-state index contributed by atoms with van der Waals surface area (Å²) in [5.74, 6) is -0.0761. The van der Waals surface area contributed by atoms with Crippen molar-refractivity contribution in [2.75, 3.05) is 0 Å². The lowest BCUT2D eigenvalue weighted by atomic mass is 9.97. The lowest BCUT2D eigenvalue weighted by Crippen LogP contribution is -2.24. The Labute approximate surface area is 128 Å². The molecule has 2 aromatic rings. The summed E-state index contributed by atoms with van der Waals surface area (Å²) in [6, 6.07) is 10.6. The molecule has 3 rings (SSSR count). The van der Waals surface area contributed by atoms with Crippen LogP contribution in [0, 0.1) is 0 Å². The Morgan fingerprint density at radius 2 is 2.00 bits per heavy atom. The second kappa shape index (κ2) is 4.78. The molecule has 2 aromatic carbocycles. The van der Waals surface area contributed by atoms with E-state index in [1.165, 1.54) is 6.07 Å². The summed E-state index contributed by atoms with van der Waals surface area (Å²) in [5.41, 5.74) is 2.78. The highest BCUT2D eigenvalue weighted by Gasteiger charge is 2.30. The minimum atomic E-state index is -0.960. The van der Waals surface area contributed by atoms with E-state index in [-0.39, 0.29) is 11.2 Å². The molecule has 0 unspecified atom stereocenters. The van der Waals surface area contributed by atoms with Crippen molar-refractivity contribution < 1.29 is 14.6 Å². The fourth-order valence-corrected chi connectivity index (χ4v) is 2.88. The summed E-state index contributed by atoms with van der Waals surface area (Å²) in [4.78, 5) is 11.1. The zero-order valence-corrected chi connectivity index (χ0v) is 12.6. The molecule has 1 aliphatic rings. The Morgan fingerprint density at radius 1 is 1.24 bits per heavy atom. The summed E-state index contributed by atoms with van der Waals surface area (Å²) in [7, 11) is 0. The Bertz CT molecular complexity index is 735. The van der Waals surface area contributed by atoms with Gasteiger partial charge in [-0.3, -0.25) is 0 Å². The molecule has 0 aromatic heterocycles. The number of halogens is 1. The SMILES string of the molecule is CC1(C)Cc2cc(-c3cc(C(=O)O)ccc3Cl)ccc2O1. The van der Waals surface area contributed by atoms with Gasteiger partial charge in [-0.25, -0.2) is 4.79 Å². The minimum absolute atomic E-state index is 0.201. The van der Waals surface area contributed by atoms with Crippen LogP contribution in [0.1, 0.15) is 29.8 Å². The molecule has 3 nitrogen and oxygen atoms in total. The number of carbonyl (C=O) groups is 1. The highest BCUT2D eigenvalue weighted by Crippen LogP contribution is 2.38. The number of aromatic carboxylic acids is 1. The van der Waals surface area contributed by atoms with E-state index in [1.807, 2.05) is 32.0 Å². The van der Waals surface area contributed by atoms with Crippen molar-refractivity contribution in [1.29, 1.82) is 0 Å². The summed E-state index contributed by atoms with van der Waals surface area (Å²) < 4.78 is 5.85. The quantitative estimate of drug-likeness (QED) is 0.893. The van der Waals surface area contributed by atoms with Crippen LogP contribution in [0.4, 0.5) is 0 Å². The summed E-state index contributed by atoms with van der Waals surface area (Å²) in [6.07, 6.45) is 0.826. The molecule has 1 N–H and O–H groups in total. The van der Waals surface area contributed by atoms with Gasteiger partial charge in [-0.2, -0.15) is 0 Å². The smallest absolute Gasteiger partial charge is 0.335 e. The standard InChI is InChI=1S/C17H15ClO3/c1-17(2)9-12-7-10(4-6-15(12)21-17)13-8-11(16(19)20)3-5-14(13)18/h3-8H,9H2,1-2H3,(H,19,20). The van der Waals surface area contributed by atoms with E-state index in [0.717, 1.165) is 28.9 Å². The molecule has 0 saturated heterocycles. The molecule has 1 heterocycles. The Balaban J connectivity index is 2.07. The molecule has 0 atom stereocenters. The van der Waals surface area contributed by atoms with Crippen molar-refractivity contribution in [2.24, 2.45) is 0 Å². The normalized spacial score (nSPS) is 15.4. The first-order chi connectivity index (χ1) is 9.85. The first-order valence-corrected chi connectivity index (χ1v) is 7.09. The second-order valence-corrected chi connectivity index (χ2v) is 6.27. The van der Waals surface area contributed by atoms with Crippen molar-refractivity contribution in [2.45, 2.75) is 25.9 Å². The molecule has 0 fully saturated rings. The number of ether oxygens (including phenoxy) is 1. The highest BCUT2D eigenvalue weighted by molar-refractivity contribution is 6.33. The van der Waals surface area contributed by atoms with E-state index in [2.05, 4.69) is 0 Å². The van der Waals surface area contributed by atoms with Crippen molar-refractivity contribution in [3.05, 3.63) is 52.5 Å². The number of rotatable bonds is 2. The molecule has 0 saturated carbocycles. The van der Waals surface area contributed by atoms with Crippen molar-refractivity contribution in [3.63, 3.8) is 0 Å². The molecular formula is C17H15ClO3. The van der Waals surface area contributed by atoms with Crippen molar-refractivity contribution >= 4 is 17.6 Å². The van der Waals surface area contributed by atoms with Gasteiger partial charge in [0.1, 0.15) is 11.4 Å². The van der Waals surface area contributed by atoms with E-state index in [1.54, 1.807) is 12.1 Å². The van der Waals surface area contributed by atoms with Crippen LogP contribution in [0.25, 0.3) is 11.1 Å². The monoisotopic (exact) mass is 302 g/mol. The fourth-order valence-electron chi connectivity index (χ4n) is 2.66. The molecule has 1 aliphatic heterocycles. The maximum Gasteiger partial charge on any atom is 0.335 e. The first-order valence-electron chi connectivity index (χ1n) is 6.71. The van der Waals surface area contributed by atoms with Gasteiger partial charge >= 0.3 is 5.97 Å². The third kappa shape index (κ3) is 2.61. The molecule has 0 amide bonds. The van der Waals surface area contributed by atoms with Crippen molar-refractivity contribution in [3.8, 4) is 16.9 Å². The van der Waals surface area contributed by atoms with Crippen LogP contribution in [0.3, 0.4) is 0 Å². The van der Waals surface area contributed by atoms with Crippen LogP contribution in [-0.4, -0.2) is 16.7 Å². The van der Waals surface area contributed by atoms with Crippen LogP contribution >= 0.6 is 11.6 Å². The molecular weight excluding hydrogens is 288 g/mol. The van der Waals surface area contributed by atoms with Gasteiger partial charge in [-0.1, -0.05) is 17.7 Å². The van der Waals surface area contributed by atoms with E-state index in [0.29, 0.717) is 5.02 Å². The summed E-state index contributed by atoms with van der Waals surface area (Å²) >= 11 is 6.22. The molecule has 4 heteroatoms. The van der Waals surface area contributed by atoms with Crippen LogP contribution < -0.4 is 4.74 Å². The maximum absolute atomic E-state index is 11.1. The molecule has 108 valence electrons. The average molecular weight is 303 g/mol. The third-order valence-corrected chi connectivity index (χ3v) is 3.92. The number of hydrogen-bond acceptors (Lipinski definition) is 2. The lowest BCUT2D eigenvalue weighted by Gasteiger charge is -2.16. The second-order valence-electron chi connectivity index (χ2n) is 5.86. The zero-order chi connectivity index (χ0) is 15.2. The topological polar surface area (TPSA) is 46.5 Å². The van der Waals surface area contributed by atoms with Crippen LogP contribution in [0.5, 0.6) is 5.75 Å². The Hall–Kier alpha value is -2.00. The zero-order valence-electron chi connectivity index (χ0n) is 11.8. The van der Waals surface area contributed by atoms with Crippen LogP contribution in [-0.2, 0) is 6.42 Å². The van der Waals surface area contributed by atoms with E-state index >= 15 is 0 Å².